The summed E-state index contributed by atoms with van der Waals surface area (Å²) in [6, 6.07) is 16.5. The Morgan fingerprint density at radius 3 is 2.32 bits per heavy atom. The third-order valence-corrected chi connectivity index (χ3v) is 5.08. The average Bonchev–Trinajstić information content (AvgIpc) is 3.51. The van der Waals surface area contributed by atoms with Crippen LogP contribution < -0.4 is 16.0 Å². The number of nitrogens with one attached hydrogen (secondary N) is 3. The summed E-state index contributed by atoms with van der Waals surface area (Å²) in [4.78, 5) is 16.2. The maximum absolute atomic E-state index is 12.9. The van der Waals surface area contributed by atoms with Crippen LogP contribution in [0, 0.1) is 5.82 Å². The van der Waals surface area contributed by atoms with E-state index in [4.69, 9.17) is 0 Å². The minimum Gasteiger partial charge on any atom is -0.356 e. The number of rotatable bonds is 8. The minimum atomic E-state index is -0.299. The lowest BCUT2D eigenvalue weighted by molar-refractivity contribution is -0.120. The van der Waals surface area contributed by atoms with Crippen molar-refractivity contribution in [2.24, 2.45) is 4.99 Å². The van der Waals surface area contributed by atoms with Gasteiger partial charge < -0.3 is 16.0 Å². The van der Waals surface area contributed by atoms with E-state index in [1.807, 2.05) is 6.07 Å². The molecule has 0 saturated heterocycles. The molecule has 0 radical (unpaired) electrons. The third kappa shape index (κ3) is 5.55. The Kier molecular flexibility index (Phi) is 6.63. The molecule has 0 heterocycles. The summed E-state index contributed by atoms with van der Waals surface area (Å²) >= 11 is 0. The maximum atomic E-state index is 12.9. The van der Waals surface area contributed by atoms with E-state index in [1.165, 1.54) is 30.5 Å². The summed E-state index contributed by atoms with van der Waals surface area (Å²) in [5.41, 5.74) is 2.37. The summed E-state index contributed by atoms with van der Waals surface area (Å²) in [6.07, 6.45) is 2.60. The Labute approximate surface area is 165 Å². The summed E-state index contributed by atoms with van der Waals surface area (Å²) < 4.78 is 12.9. The molecule has 1 aliphatic rings. The van der Waals surface area contributed by atoms with Crippen LogP contribution in [0.4, 0.5) is 4.39 Å². The first kappa shape index (κ1) is 19.9. The Morgan fingerprint density at radius 2 is 1.68 bits per heavy atom. The van der Waals surface area contributed by atoms with Crippen molar-refractivity contribution < 1.29 is 9.18 Å². The first-order valence-corrected chi connectivity index (χ1v) is 9.62. The normalized spacial score (nSPS) is 15.0. The molecule has 1 saturated carbocycles. The van der Waals surface area contributed by atoms with Gasteiger partial charge in [0.05, 0.1) is 6.42 Å². The molecule has 148 valence electrons. The van der Waals surface area contributed by atoms with Crippen molar-refractivity contribution in [3.63, 3.8) is 0 Å². The molecule has 1 fully saturated rings. The van der Waals surface area contributed by atoms with Gasteiger partial charge in [0.2, 0.25) is 5.91 Å². The highest BCUT2D eigenvalue weighted by Gasteiger charge is 2.43. The predicted octanol–water partition coefficient (Wildman–Crippen LogP) is 2.38. The van der Waals surface area contributed by atoms with Gasteiger partial charge in [0.25, 0.3) is 0 Å². The Bertz CT molecular complexity index is 801. The van der Waals surface area contributed by atoms with Crippen molar-refractivity contribution in [1.29, 1.82) is 0 Å². The Balaban J connectivity index is 1.35. The summed E-state index contributed by atoms with van der Waals surface area (Å²) in [5.74, 6) is 0.347. The minimum absolute atomic E-state index is 0.0858. The molecular formula is C22H27FN4O. The maximum Gasteiger partial charge on any atom is 0.224 e. The number of nitrogens with zero attached hydrogens (tertiary/aromatic N) is 1. The van der Waals surface area contributed by atoms with Crippen LogP contribution in [0.15, 0.2) is 59.6 Å². The first-order valence-electron chi connectivity index (χ1n) is 9.62. The zero-order valence-electron chi connectivity index (χ0n) is 16.2. The van der Waals surface area contributed by atoms with Crippen molar-refractivity contribution in [2.45, 2.75) is 24.7 Å². The zero-order valence-corrected chi connectivity index (χ0v) is 16.2. The van der Waals surface area contributed by atoms with Crippen molar-refractivity contribution in [3.8, 4) is 0 Å². The number of aliphatic imine (C=N–C) groups is 1. The van der Waals surface area contributed by atoms with E-state index < -0.39 is 0 Å². The smallest absolute Gasteiger partial charge is 0.224 e. The molecule has 2 aromatic rings. The molecule has 2 aromatic carbocycles. The molecule has 0 unspecified atom stereocenters. The predicted molar refractivity (Wildman–Crippen MR) is 110 cm³/mol. The Hall–Kier alpha value is -2.89. The van der Waals surface area contributed by atoms with Gasteiger partial charge >= 0.3 is 0 Å². The number of amides is 1. The van der Waals surface area contributed by atoms with Gasteiger partial charge in [-0.1, -0.05) is 42.5 Å². The topological polar surface area (TPSA) is 65.5 Å². The zero-order chi connectivity index (χ0) is 19.8. The van der Waals surface area contributed by atoms with Gasteiger partial charge in [-0.3, -0.25) is 9.79 Å². The van der Waals surface area contributed by atoms with Gasteiger partial charge in [0.15, 0.2) is 5.96 Å². The van der Waals surface area contributed by atoms with Crippen molar-refractivity contribution >= 4 is 11.9 Å². The molecule has 5 nitrogen and oxygen atoms in total. The molecule has 0 aromatic heterocycles. The summed E-state index contributed by atoms with van der Waals surface area (Å²) in [6.45, 7) is 1.91. The molecule has 1 amide bonds. The number of benzene rings is 2. The highest BCUT2D eigenvalue weighted by Crippen LogP contribution is 2.47. The molecule has 0 spiro atoms. The number of hydrogen-bond acceptors (Lipinski definition) is 2. The lowest BCUT2D eigenvalue weighted by atomic mass is 9.96. The molecule has 3 N–H and O–H groups in total. The van der Waals surface area contributed by atoms with Gasteiger partial charge in [-0.25, -0.2) is 4.39 Å². The van der Waals surface area contributed by atoms with E-state index in [0.717, 1.165) is 18.1 Å². The van der Waals surface area contributed by atoms with E-state index in [1.54, 1.807) is 19.2 Å². The monoisotopic (exact) mass is 382 g/mol. The Morgan fingerprint density at radius 1 is 1.00 bits per heavy atom. The van der Waals surface area contributed by atoms with E-state index in [-0.39, 0.29) is 23.6 Å². The second-order valence-corrected chi connectivity index (χ2v) is 7.15. The number of carbonyl (C=O) groups is 1. The molecule has 0 aliphatic heterocycles. The number of guanidine groups is 1. The van der Waals surface area contributed by atoms with Crippen molar-refractivity contribution in [2.75, 3.05) is 26.7 Å². The fourth-order valence-electron chi connectivity index (χ4n) is 3.22. The fourth-order valence-corrected chi connectivity index (χ4v) is 3.22. The van der Waals surface area contributed by atoms with Crippen LogP contribution >= 0.6 is 0 Å². The number of halogens is 1. The summed E-state index contributed by atoms with van der Waals surface area (Å²) in [7, 11) is 1.74. The van der Waals surface area contributed by atoms with E-state index >= 15 is 0 Å². The van der Waals surface area contributed by atoms with Gasteiger partial charge in [-0.2, -0.15) is 0 Å². The van der Waals surface area contributed by atoms with Crippen LogP contribution in [0.2, 0.25) is 0 Å². The molecule has 0 bridgehead atoms. The van der Waals surface area contributed by atoms with Gasteiger partial charge in [-0.15, -0.1) is 0 Å². The second kappa shape index (κ2) is 9.35. The SMILES string of the molecule is CN=C(NCCNC(=O)Cc1ccc(F)cc1)NCC1(c2ccccc2)CC1. The van der Waals surface area contributed by atoms with Crippen molar-refractivity contribution in [1.82, 2.24) is 16.0 Å². The lowest BCUT2D eigenvalue weighted by Gasteiger charge is -2.19. The molecule has 0 atom stereocenters. The standard InChI is InChI=1S/C22H27FN4O/c1-24-21(27-16-22(11-12-22)18-5-3-2-4-6-18)26-14-13-25-20(28)15-17-7-9-19(23)10-8-17/h2-10H,11-16H2,1H3,(H,25,28)(H2,24,26,27). The van der Waals surface area contributed by atoms with Crippen LogP contribution in [0.5, 0.6) is 0 Å². The fraction of sp³-hybridized carbons (Fsp3) is 0.364. The van der Waals surface area contributed by atoms with Crippen LogP contribution in [0.1, 0.15) is 24.0 Å². The average molecular weight is 382 g/mol. The van der Waals surface area contributed by atoms with E-state index in [2.05, 4.69) is 45.2 Å². The molecule has 28 heavy (non-hydrogen) atoms. The van der Waals surface area contributed by atoms with Crippen molar-refractivity contribution in [3.05, 3.63) is 71.5 Å². The molecule has 6 heteroatoms. The quantitative estimate of drug-likeness (QED) is 0.373. The van der Waals surface area contributed by atoms with Crippen LogP contribution in [0.3, 0.4) is 0 Å². The molecular weight excluding hydrogens is 355 g/mol. The highest BCUT2D eigenvalue weighted by atomic mass is 19.1. The third-order valence-electron chi connectivity index (χ3n) is 5.08. The molecule has 1 aliphatic carbocycles. The number of hydrogen-bond donors (Lipinski definition) is 3. The first-order chi connectivity index (χ1) is 13.6. The van der Waals surface area contributed by atoms with Gasteiger partial charge in [0.1, 0.15) is 5.82 Å². The number of carbonyl (C=O) groups excluding carboxylic acids is 1. The van der Waals surface area contributed by atoms with Gasteiger partial charge in [0, 0.05) is 32.1 Å². The molecule has 3 rings (SSSR count). The van der Waals surface area contributed by atoms with Crippen LogP contribution in [-0.4, -0.2) is 38.5 Å². The van der Waals surface area contributed by atoms with Crippen LogP contribution in [0.25, 0.3) is 0 Å². The summed E-state index contributed by atoms with van der Waals surface area (Å²) in [5, 5.41) is 9.47. The van der Waals surface area contributed by atoms with E-state index in [0.29, 0.717) is 13.1 Å². The second-order valence-electron chi connectivity index (χ2n) is 7.15. The lowest BCUT2D eigenvalue weighted by Crippen LogP contribution is -2.44. The van der Waals surface area contributed by atoms with E-state index in [9.17, 15) is 9.18 Å². The largest absolute Gasteiger partial charge is 0.356 e. The van der Waals surface area contributed by atoms with Crippen LogP contribution in [-0.2, 0) is 16.6 Å². The highest BCUT2D eigenvalue weighted by molar-refractivity contribution is 5.80. The van der Waals surface area contributed by atoms with Gasteiger partial charge in [-0.05, 0) is 36.1 Å².